The molecule has 0 bridgehead atoms. The fourth-order valence-corrected chi connectivity index (χ4v) is 3.05. The van der Waals surface area contributed by atoms with Gasteiger partial charge in [-0.25, -0.2) is 9.07 Å². The summed E-state index contributed by atoms with van der Waals surface area (Å²) in [5, 5.41) is 17.7. The lowest BCUT2D eigenvalue weighted by Crippen LogP contribution is -2.10. The van der Waals surface area contributed by atoms with E-state index in [1.54, 1.807) is 11.6 Å². The minimum Gasteiger partial charge on any atom is -0.382 e. The largest absolute Gasteiger partial charge is 0.382 e. The molecule has 1 aromatic carbocycles. The standard InChI is InChI=1S/C16H14FN7/c1-9-11(8-18)14(19)24(21-9)16-20-15-12(17)7-13(23(15)22-16)10-5-3-2-4-6-10/h2-6,12-13H,7,19H2,1H3. The fraction of sp³-hybridized carbons (Fsp3) is 0.250. The lowest BCUT2D eigenvalue weighted by Gasteiger charge is -2.11. The quantitative estimate of drug-likeness (QED) is 0.779. The molecule has 7 nitrogen and oxygen atoms in total. The number of hydrogen-bond acceptors (Lipinski definition) is 5. The number of nitriles is 1. The van der Waals surface area contributed by atoms with Crippen molar-refractivity contribution in [1.29, 1.82) is 5.26 Å². The molecule has 2 aromatic heterocycles. The SMILES string of the molecule is Cc1nn(-c2nc3n(n2)C(c2ccccc2)CC3F)c(N)c1C#N. The van der Waals surface area contributed by atoms with Gasteiger partial charge in [-0.3, -0.25) is 0 Å². The zero-order chi connectivity index (χ0) is 16.8. The molecule has 1 aliphatic rings. The molecule has 0 amide bonds. The second-order valence-corrected chi connectivity index (χ2v) is 5.71. The van der Waals surface area contributed by atoms with E-state index < -0.39 is 6.17 Å². The maximum atomic E-state index is 14.4. The van der Waals surface area contributed by atoms with Gasteiger partial charge in [0.1, 0.15) is 17.5 Å². The molecule has 2 N–H and O–H groups in total. The first-order chi connectivity index (χ1) is 11.6. The van der Waals surface area contributed by atoms with E-state index in [1.807, 2.05) is 36.4 Å². The Kier molecular flexibility index (Phi) is 3.09. The number of halogens is 1. The third kappa shape index (κ3) is 1.98. The van der Waals surface area contributed by atoms with Crippen LogP contribution in [0.4, 0.5) is 10.2 Å². The van der Waals surface area contributed by atoms with Crippen LogP contribution in [0.1, 0.15) is 41.3 Å². The molecule has 0 spiro atoms. The predicted octanol–water partition coefficient (Wildman–Crippen LogP) is 2.23. The first-order valence-electron chi connectivity index (χ1n) is 7.51. The van der Waals surface area contributed by atoms with Gasteiger partial charge < -0.3 is 5.73 Å². The maximum absolute atomic E-state index is 14.4. The van der Waals surface area contributed by atoms with Crippen LogP contribution in [0.25, 0.3) is 5.95 Å². The Hall–Kier alpha value is -3.21. The predicted molar refractivity (Wildman–Crippen MR) is 84.1 cm³/mol. The van der Waals surface area contributed by atoms with Gasteiger partial charge in [0.05, 0.1) is 11.7 Å². The summed E-state index contributed by atoms with van der Waals surface area (Å²) in [5.41, 5.74) is 7.68. The van der Waals surface area contributed by atoms with Crippen LogP contribution < -0.4 is 5.73 Å². The third-order valence-corrected chi connectivity index (χ3v) is 4.23. The van der Waals surface area contributed by atoms with E-state index in [4.69, 9.17) is 11.0 Å². The Morgan fingerprint density at radius 1 is 1.29 bits per heavy atom. The van der Waals surface area contributed by atoms with E-state index in [-0.39, 0.29) is 29.2 Å². The Labute approximate surface area is 137 Å². The highest BCUT2D eigenvalue weighted by atomic mass is 19.1. The number of fused-ring (bicyclic) bond motifs is 1. The van der Waals surface area contributed by atoms with Gasteiger partial charge >= 0.3 is 0 Å². The number of aromatic nitrogens is 5. The summed E-state index contributed by atoms with van der Waals surface area (Å²) in [6, 6.07) is 11.4. The van der Waals surface area contributed by atoms with Gasteiger partial charge in [0.2, 0.25) is 0 Å². The minimum absolute atomic E-state index is 0.158. The molecule has 0 fully saturated rings. The molecule has 1 aliphatic heterocycles. The molecular weight excluding hydrogens is 309 g/mol. The van der Waals surface area contributed by atoms with Crippen LogP contribution in [0.5, 0.6) is 0 Å². The van der Waals surface area contributed by atoms with Gasteiger partial charge in [0.15, 0.2) is 12.0 Å². The van der Waals surface area contributed by atoms with Crippen LogP contribution in [-0.2, 0) is 0 Å². The molecule has 0 saturated heterocycles. The Balaban J connectivity index is 1.81. The number of nitrogen functional groups attached to an aromatic ring is 1. The third-order valence-electron chi connectivity index (χ3n) is 4.23. The molecule has 2 unspecified atom stereocenters. The molecule has 2 atom stereocenters. The van der Waals surface area contributed by atoms with Crippen molar-refractivity contribution in [3.63, 3.8) is 0 Å². The molecular formula is C16H14FN7. The molecule has 0 saturated carbocycles. The number of benzene rings is 1. The number of anilines is 1. The van der Waals surface area contributed by atoms with Crippen LogP contribution in [-0.4, -0.2) is 24.5 Å². The van der Waals surface area contributed by atoms with Crippen molar-refractivity contribution in [3.8, 4) is 12.0 Å². The van der Waals surface area contributed by atoms with Gasteiger partial charge in [-0.15, -0.1) is 5.10 Å². The van der Waals surface area contributed by atoms with E-state index in [0.29, 0.717) is 12.1 Å². The summed E-state index contributed by atoms with van der Waals surface area (Å²) < 4.78 is 17.3. The first kappa shape index (κ1) is 14.4. The Bertz CT molecular complexity index is 951. The molecule has 3 aromatic rings. The van der Waals surface area contributed by atoms with Gasteiger partial charge in [-0.1, -0.05) is 30.3 Å². The summed E-state index contributed by atoms with van der Waals surface area (Å²) in [5.74, 6) is 0.589. The van der Waals surface area contributed by atoms with Crippen LogP contribution in [0.15, 0.2) is 30.3 Å². The molecule has 0 aliphatic carbocycles. The monoisotopic (exact) mass is 323 g/mol. The minimum atomic E-state index is -1.20. The average molecular weight is 323 g/mol. The summed E-state index contributed by atoms with van der Waals surface area (Å²) in [6.07, 6.45) is -0.902. The zero-order valence-electron chi connectivity index (χ0n) is 12.9. The number of nitrogens with two attached hydrogens (primary N) is 1. The highest BCUT2D eigenvalue weighted by Crippen LogP contribution is 2.39. The highest BCUT2D eigenvalue weighted by Gasteiger charge is 2.36. The van der Waals surface area contributed by atoms with Crippen molar-refractivity contribution in [2.75, 3.05) is 5.73 Å². The molecule has 24 heavy (non-hydrogen) atoms. The number of hydrogen-bond donors (Lipinski definition) is 1. The van der Waals surface area contributed by atoms with Crippen molar-refractivity contribution in [2.45, 2.75) is 25.6 Å². The molecule has 0 radical (unpaired) electrons. The van der Waals surface area contributed by atoms with Crippen LogP contribution >= 0.6 is 0 Å². The lowest BCUT2D eigenvalue weighted by atomic mass is 10.0. The first-order valence-corrected chi connectivity index (χ1v) is 7.51. The highest BCUT2D eigenvalue weighted by molar-refractivity contribution is 5.54. The Morgan fingerprint density at radius 3 is 2.71 bits per heavy atom. The number of nitrogens with zero attached hydrogens (tertiary/aromatic N) is 6. The molecule has 3 heterocycles. The summed E-state index contributed by atoms with van der Waals surface area (Å²) >= 11 is 0. The zero-order valence-corrected chi connectivity index (χ0v) is 12.9. The number of alkyl halides is 1. The van der Waals surface area contributed by atoms with E-state index >= 15 is 0 Å². The fourth-order valence-electron chi connectivity index (χ4n) is 3.05. The van der Waals surface area contributed by atoms with Gasteiger partial charge in [-0.05, 0) is 12.5 Å². The van der Waals surface area contributed by atoms with Crippen molar-refractivity contribution in [3.05, 3.63) is 53.0 Å². The maximum Gasteiger partial charge on any atom is 0.271 e. The van der Waals surface area contributed by atoms with Crippen molar-refractivity contribution in [1.82, 2.24) is 24.5 Å². The van der Waals surface area contributed by atoms with Crippen molar-refractivity contribution < 1.29 is 4.39 Å². The van der Waals surface area contributed by atoms with Gasteiger partial charge in [0.25, 0.3) is 5.95 Å². The van der Waals surface area contributed by atoms with Crippen LogP contribution in [0.2, 0.25) is 0 Å². The van der Waals surface area contributed by atoms with E-state index in [2.05, 4.69) is 15.2 Å². The van der Waals surface area contributed by atoms with Crippen LogP contribution in [0, 0.1) is 18.3 Å². The smallest absolute Gasteiger partial charge is 0.271 e. The lowest BCUT2D eigenvalue weighted by molar-refractivity contribution is 0.328. The number of aryl methyl sites for hydroxylation is 1. The summed E-state index contributed by atoms with van der Waals surface area (Å²) in [4.78, 5) is 4.26. The molecule has 120 valence electrons. The molecule has 8 heteroatoms. The van der Waals surface area contributed by atoms with Gasteiger partial charge in [0, 0.05) is 6.42 Å². The molecule has 4 rings (SSSR count). The van der Waals surface area contributed by atoms with E-state index in [9.17, 15) is 4.39 Å². The van der Waals surface area contributed by atoms with Crippen molar-refractivity contribution >= 4 is 5.82 Å². The normalized spacial score (nSPS) is 19.2. The van der Waals surface area contributed by atoms with Crippen LogP contribution in [0.3, 0.4) is 0 Å². The van der Waals surface area contributed by atoms with E-state index in [1.165, 1.54) is 4.68 Å². The number of rotatable bonds is 2. The average Bonchev–Trinajstić information content (AvgIpc) is 3.22. The van der Waals surface area contributed by atoms with Gasteiger partial charge in [-0.2, -0.15) is 20.0 Å². The van der Waals surface area contributed by atoms with E-state index in [0.717, 1.165) is 5.56 Å². The topological polar surface area (TPSA) is 98.3 Å². The summed E-state index contributed by atoms with van der Waals surface area (Å²) in [6.45, 7) is 1.68. The Morgan fingerprint density at radius 2 is 2.04 bits per heavy atom. The second kappa shape index (κ2) is 5.16. The second-order valence-electron chi connectivity index (χ2n) is 5.71. The van der Waals surface area contributed by atoms with Crippen molar-refractivity contribution in [2.24, 2.45) is 0 Å². The summed E-state index contributed by atoms with van der Waals surface area (Å²) in [7, 11) is 0.